The Morgan fingerprint density at radius 3 is 2.14 bits per heavy atom. The quantitative estimate of drug-likeness (QED) is 0.186. The number of carbonyl (C=O) groups is 2. The minimum atomic E-state index is -0.605. The zero-order valence-corrected chi connectivity index (χ0v) is 22.8. The number of amides is 2. The third-order valence-corrected chi connectivity index (χ3v) is 6.51. The number of hydrogen-bond donors (Lipinski definition) is 3. The van der Waals surface area contributed by atoms with Crippen LogP contribution >= 0.6 is 0 Å². The molecule has 212 valence electrons. The number of benzene rings is 4. The zero-order valence-electron chi connectivity index (χ0n) is 22.8. The topological polar surface area (TPSA) is 171 Å². The summed E-state index contributed by atoms with van der Waals surface area (Å²) in [7, 11) is 0. The van der Waals surface area contributed by atoms with Gasteiger partial charge in [-0.3, -0.25) is 9.59 Å². The number of phenolic OH excluding ortho intramolecular Hbond substituents is 1. The molecule has 0 unspecified atom stereocenters. The highest BCUT2D eigenvalue weighted by Crippen LogP contribution is 2.40. The molecule has 0 fully saturated rings. The Bertz CT molecular complexity index is 2070. The molecule has 6 rings (SSSR count). The maximum absolute atomic E-state index is 13.4. The van der Waals surface area contributed by atoms with Gasteiger partial charge in [0, 0.05) is 34.7 Å². The number of rotatable bonds is 7. The van der Waals surface area contributed by atoms with E-state index in [1.807, 2.05) is 18.2 Å². The van der Waals surface area contributed by atoms with Crippen LogP contribution in [0.15, 0.2) is 120 Å². The molecule has 12 heteroatoms. The Morgan fingerprint density at radius 1 is 0.818 bits per heavy atom. The van der Waals surface area contributed by atoms with Crippen molar-refractivity contribution in [2.45, 2.75) is 0 Å². The summed E-state index contributed by atoms with van der Waals surface area (Å²) in [6, 6.07) is 27.6. The maximum Gasteiger partial charge on any atom is 0.259 e. The van der Waals surface area contributed by atoms with E-state index in [1.54, 1.807) is 72.8 Å². The van der Waals surface area contributed by atoms with E-state index in [-0.39, 0.29) is 34.5 Å². The van der Waals surface area contributed by atoms with E-state index in [1.165, 1.54) is 29.3 Å². The fraction of sp³-hybridized carbons (Fsp3) is 0. The Hall–Kier alpha value is -6.74. The van der Waals surface area contributed by atoms with Crippen LogP contribution in [-0.4, -0.2) is 36.7 Å². The number of para-hydroxylation sites is 2. The number of nitrogens with zero attached hydrogens (tertiary/aromatic N) is 7. The van der Waals surface area contributed by atoms with Crippen molar-refractivity contribution in [1.29, 1.82) is 5.26 Å². The van der Waals surface area contributed by atoms with Crippen molar-refractivity contribution in [3.8, 4) is 17.8 Å². The molecule has 0 spiro atoms. The van der Waals surface area contributed by atoms with Gasteiger partial charge in [0.1, 0.15) is 17.3 Å². The van der Waals surface area contributed by atoms with E-state index in [2.05, 4.69) is 35.9 Å². The normalized spacial score (nSPS) is 10.9. The second-order valence-corrected chi connectivity index (χ2v) is 9.35. The van der Waals surface area contributed by atoms with E-state index in [0.29, 0.717) is 27.7 Å². The summed E-state index contributed by atoms with van der Waals surface area (Å²) < 4.78 is 1.24. The molecule has 0 aliphatic carbocycles. The number of nitrogens with one attached hydrogen (secondary N) is 2. The lowest BCUT2D eigenvalue weighted by atomic mass is 10.0. The number of aromatic nitrogens is 4. The fourth-order valence-electron chi connectivity index (χ4n) is 4.40. The summed E-state index contributed by atoms with van der Waals surface area (Å²) >= 11 is 0. The van der Waals surface area contributed by atoms with Gasteiger partial charge in [0.2, 0.25) is 0 Å². The third kappa shape index (κ3) is 5.56. The van der Waals surface area contributed by atoms with Gasteiger partial charge in [-0.15, -0.1) is 10.2 Å². The predicted octanol–water partition coefficient (Wildman–Crippen LogP) is 6.31. The van der Waals surface area contributed by atoms with Crippen LogP contribution in [0.2, 0.25) is 0 Å². The van der Waals surface area contributed by atoms with Gasteiger partial charge in [-0.2, -0.15) is 15.0 Å². The first-order valence-electron chi connectivity index (χ1n) is 13.2. The molecular weight excluding hydrogens is 558 g/mol. The van der Waals surface area contributed by atoms with E-state index in [4.69, 9.17) is 0 Å². The van der Waals surface area contributed by atoms with Crippen molar-refractivity contribution in [2.75, 3.05) is 10.6 Å². The monoisotopic (exact) mass is 579 g/mol. The number of nitriles is 1. The first-order valence-corrected chi connectivity index (χ1v) is 13.2. The lowest BCUT2D eigenvalue weighted by Crippen LogP contribution is -2.13. The van der Waals surface area contributed by atoms with Crippen LogP contribution in [-0.2, 0) is 0 Å². The molecule has 6 aromatic rings. The van der Waals surface area contributed by atoms with Gasteiger partial charge in [-0.05, 0) is 53.9 Å². The molecule has 2 heterocycles. The van der Waals surface area contributed by atoms with Gasteiger partial charge < -0.3 is 15.7 Å². The largest absolute Gasteiger partial charge is 0.505 e. The SMILES string of the molecule is N#Cc1cnn(-c2ncccn2)c1N=Nc1c(O)c(C(=O)Nc2ccccc2)cc2cc(C(=O)Nc3ccccc3)ccc12. The molecule has 0 aliphatic heterocycles. The van der Waals surface area contributed by atoms with Crippen molar-refractivity contribution in [3.63, 3.8) is 0 Å². The number of anilines is 2. The molecule has 2 amide bonds. The third-order valence-electron chi connectivity index (χ3n) is 6.51. The molecule has 0 saturated heterocycles. The Morgan fingerprint density at radius 2 is 1.48 bits per heavy atom. The first-order chi connectivity index (χ1) is 21.5. The molecule has 3 N–H and O–H groups in total. The highest BCUT2D eigenvalue weighted by atomic mass is 16.3. The van der Waals surface area contributed by atoms with E-state index in [0.717, 1.165) is 0 Å². The minimum Gasteiger partial charge on any atom is -0.505 e. The van der Waals surface area contributed by atoms with E-state index in [9.17, 15) is 20.0 Å². The van der Waals surface area contributed by atoms with Gasteiger partial charge in [0.25, 0.3) is 17.8 Å². The summed E-state index contributed by atoms with van der Waals surface area (Å²) in [5.41, 5.74) is 1.38. The number of phenols is 1. The summed E-state index contributed by atoms with van der Waals surface area (Å²) in [6.45, 7) is 0. The molecule has 0 bridgehead atoms. The van der Waals surface area contributed by atoms with Crippen LogP contribution in [0, 0.1) is 11.3 Å². The van der Waals surface area contributed by atoms with E-state index >= 15 is 0 Å². The van der Waals surface area contributed by atoms with Crippen molar-refractivity contribution in [3.05, 3.63) is 126 Å². The van der Waals surface area contributed by atoms with Crippen LogP contribution in [0.4, 0.5) is 22.9 Å². The molecule has 12 nitrogen and oxygen atoms in total. The van der Waals surface area contributed by atoms with Crippen molar-refractivity contribution >= 4 is 45.5 Å². The van der Waals surface area contributed by atoms with Crippen LogP contribution in [0.25, 0.3) is 16.7 Å². The summed E-state index contributed by atoms with van der Waals surface area (Å²) in [6.07, 6.45) is 4.32. The van der Waals surface area contributed by atoms with Gasteiger partial charge in [0.15, 0.2) is 11.6 Å². The van der Waals surface area contributed by atoms with Crippen LogP contribution in [0.1, 0.15) is 26.3 Å². The molecule has 44 heavy (non-hydrogen) atoms. The van der Waals surface area contributed by atoms with Crippen molar-refractivity contribution in [2.24, 2.45) is 10.2 Å². The summed E-state index contributed by atoms with van der Waals surface area (Å²) in [5, 5.41) is 40.1. The zero-order chi connectivity index (χ0) is 30.5. The fourth-order valence-corrected chi connectivity index (χ4v) is 4.40. The molecule has 0 saturated carbocycles. The number of fused-ring (bicyclic) bond motifs is 1. The Labute approximate surface area is 250 Å². The Balaban J connectivity index is 1.46. The lowest BCUT2D eigenvalue weighted by Gasteiger charge is -2.12. The van der Waals surface area contributed by atoms with Gasteiger partial charge in [-0.25, -0.2) is 9.97 Å². The predicted molar refractivity (Wildman–Crippen MR) is 162 cm³/mol. The molecule has 4 aromatic carbocycles. The van der Waals surface area contributed by atoms with Crippen LogP contribution < -0.4 is 10.6 Å². The second kappa shape index (κ2) is 12.0. The van der Waals surface area contributed by atoms with E-state index < -0.39 is 11.7 Å². The van der Waals surface area contributed by atoms with Gasteiger partial charge in [0.05, 0.1) is 11.8 Å². The number of carbonyl (C=O) groups excluding carboxylic acids is 2. The first kappa shape index (κ1) is 27.4. The summed E-state index contributed by atoms with van der Waals surface area (Å²) in [4.78, 5) is 34.7. The van der Waals surface area contributed by atoms with Crippen LogP contribution in [0.3, 0.4) is 0 Å². The molecule has 0 atom stereocenters. The average Bonchev–Trinajstić information content (AvgIpc) is 3.48. The smallest absolute Gasteiger partial charge is 0.259 e. The van der Waals surface area contributed by atoms with Crippen molar-refractivity contribution < 1.29 is 14.7 Å². The molecule has 0 radical (unpaired) electrons. The van der Waals surface area contributed by atoms with Gasteiger partial charge >= 0.3 is 0 Å². The molecule has 2 aromatic heterocycles. The standard InChI is InChI=1S/C32H21N9O3/c33-18-22-19-36-41(32-34-14-7-15-35-32)29(22)40-39-27-25-13-12-20(30(43)37-23-8-3-1-4-9-23)16-21(25)17-26(28(27)42)31(44)38-24-10-5-2-6-11-24/h1-17,19,42H,(H,37,43)(H,38,44). The Kier molecular flexibility index (Phi) is 7.49. The molecule has 0 aliphatic rings. The minimum absolute atomic E-state index is 0.0178. The van der Waals surface area contributed by atoms with Gasteiger partial charge in [-0.1, -0.05) is 42.5 Å². The molecular formula is C32H21N9O3. The highest BCUT2D eigenvalue weighted by molar-refractivity contribution is 6.13. The van der Waals surface area contributed by atoms with Crippen LogP contribution in [0.5, 0.6) is 5.75 Å². The summed E-state index contributed by atoms with van der Waals surface area (Å²) in [5.74, 6) is -1.25. The highest BCUT2D eigenvalue weighted by Gasteiger charge is 2.21. The number of aromatic hydroxyl groups is 1. The maximum atomic E-state index is 13.4. The average molecular weight is 580 g/mol. The van der Waals surface area contributed by atoms with Crippen molar-refractivity contribution in [1.82, 2.24) is 19.7 Å². The lowest BCUT2D eigenvalue weighted by molar-refractivity contribution is 0.101. The number of azo groups is 1. The number of hydrogen-bond acceptors (Lipinski definition) is 9. The second-order valence-electron chi connectivity index (χ2n) is 9.35.